The van der Waals surface area contributed by atoms with Crippen LogP contribution in [0.15, 0.2) is 28.7 Å². The maximum absolute atomic E-state index is 12.3. The normalized spacial score (nSPS) is 21.8. The van der Waals surface area contributed by atoms with Crippen LogP contribution in [0, 0.1) is 5.41 Å². The van der Waals surface area contributed by atoms with Gasteiger partial charge < -0.3 is 10.6 Å². The third-order valence-electron chi connectivity index (χ3n) is 4.21. The van der Waals surface area contributed by atoms with Crippen molar-refractivity contribution in [3.8, 4) is 0 Å². The van der Waals surface area contributed by atoms with E-state index in [1.807, 2.05) is 17.0 Å². The number of rotatable bonds is 3. The number of aryl methyl sites for hydroxylation is 1. The summed E-state index contributed by atoms with van der Waals surface area (Å²) in [4.78, 5) is 14.3. The third-order valence-corrected chi connectivity index (χ3v) is 4.73. The molecule has 20 heavy (non-hydrogen) atoms. The summed E-state index contributed by atoms with van der Waals surface area (Å²) in [6, 6.07) is 8.35. The number of amides is 1. The molecule has 2 rings (SSSR count). The molecule has 0 spiro atoms. The SMILES string of the molecule is CC1(C)CN(C(=O)CCc2ccc(Br)cc2)CCC1N. The second kappa shape index (κ2) is 6.27. The zero-order valence-corrected chi connectivity index (χ0v) is 13.8. The number of benzene rings is 1. The first kappa shape index (κ1) is 15.5. The van der Waals surface area contributed by atoms with Crippen LogP contribution in [0.3, 0.4) is 0 Å². The molecule has 1 heterocycles. The molecule has 1 amide bonds. The molecule has 0 aliphatic carbocycles. The Kier molecular flexibility index (Phi) is 4.86. The minimum atomic E-state index is 0.0194. The standard InChI is InChI=1S/C16H23BrN2O/c1-16(2)11-19(10-9-14(16)18)15(20)8-5-12-3-6-13(17)7-4-12/h3-4,6-7,14H,5,8-11,18H2,1-2H3. The first-order chi connectivity index (χ1) is 9.38. The Morgan fingerprint density at radius 2 is 2.05 bits per heavy atom. The second-order valence-electron chi connectivity index (χ2n) is 6.33. The Morgan fingerprint density at radius 1 is 1.40 bits per heavy atom. The topological polar surface area (TPSA) is 46.3 Å². The van der Waals surface area contributed by atoms with Crippen molar-refractivity contribution in [2.45, 2.75) is 39.2 Å². The number of hydrogen-bond acceptors (Lipinski definition) is 2. The van der Waals surface area contributed by atoms with Gasteiger partial charge in [-0.05, 0) is 36.0 Å². The molecule has 0 aromatic heterocycles. The highest BCUT2D eigenvalue weighted by Crippen LogP contribution is 2.28. The number of nitrogens with zero attached hydrogens (tertiary/aromatic N) is 1. The zero-order valence-electron chi connectivity index (χ0n) is 12.2. The zero-order chi connectivity index (χ0) is 14.8. The van der Waals surface area contributed by atoms with Gasteiger partial charge in [-0.1, -0.05) is 41.9 Å². The Hall–Kier alpha value is -0.870. The Bertz CT molecular complexity index is 470. The molecular formula is C16H23BrN2O. The summed E-state index contributed by atoms with van der Waals surface area (Å²) in [6.45, 7) is 5.86. The van der Waals surface area contributed by atoms with Crippen LogP contribution < -0.4 is 5.73 Å². The highest BCUT2D eigenvalue weighted by atomic mass is 79.9. The number of carbonyl (C=O) groups excluding carboxylic acids is 1. The molecule has 4 heteroatoms. The van der Waals surface area contributed by atoms with Crippen molar-refractivity contribution < 1.29 is 4.79 Å². The fourth-order valence-corrected chi connectivity index (χ4v) is 2.91. The number of piperidine rings is 1. The number of carbonyl (C=O) groups is 1. The quantitative estimate of drug-likeness (QED) is 0.920. The molecule has 1 aliphatic heterocycles. The summed E-state index contributed by atoms with van der Waals surface area (Å²) < 4.78 is 1.07. The molecule has 0 radical (unpaired) electrons. The van der Waals surface area contributed by atoms with E-state index in [2.05, 4.69) is 41.9 Å². The van der Waals surface area contributed by atoms with E-state index < -0.39 is 0 Å². The molecule has 2 N–H and O–H groups in total. The highest BCUT2D eigenvalue weighted by Gasteiger charge is 2.34. The van der Waals surface area contributed by atoms with Gasteiger partial charge in [0, 0.05) is 30.0 Å². The van der Waals surface area contributed by atoms with Gasteiger partial charge in [-0.2, -0.15) is 0 Å². The van der Waals surface area contributed by atoms with E-state index in [-0.39, 0.29) is 17.4 Å². The molecule has 3 nitrogen and oxygen atoms in total. The summed E-state index contributed by atoms with van der Waals surface area (Å²) in [5.74, 6) is 0.243. The van der Waals surface area contributed by atoms with Gasteiger partial charge in [0.2, 0.25) is 5.91 Å². The van der Waals surface area contributed by atoms with Gasteiger partial charge in [0.05, 0.1) is 0 Å². The van der Waals surface area contributed by atoms with E-state index in [9.17, 15) is 4.79 Å². The number of nitrogens with two attached hydrogens (primary N) is 1. The largest absolute Gasteiger partial charge is 0.342 e. The Labute approximate surface area is 129 Å². The van der Waals surface area contributed by atoms with Crippen LogP contribution in [0.25, 0.3) is 0 Å². The fraction of sp³-hybridized carbons (Fsp3) is 0.562. The number of hydrogen-bond donors (Lipinski definition) is 1. The maximum Gasteiger partial charge on any atom is 0.222 e. The predicted octanol–water partition coefficient (Wildman–Crippen LogP) is 2.97. The lowest BCUT2D eigenvalue weighted by Crippen LogP contribution is -2.54. The third kappa shape index (κ3) is 3.83. The number of likely N-dealkylation sites (tertiary alicyclic amines) is 1. The lowest BCUT2D eigenvalue weighted by atomic mass is 9.79. The van der Waals surface area contributed by atoms with Crippen molar-refractivity contribution in [1.29, 1.82) is 0 Å². The lowest BCUT2D eigenvalue weighted by Gasteiger charge is -2.42. The average molecular weight is 339 g/mol. The van der Waals surface area contributed by atoms with Crippen molar-refractivity contribution >= 4 is 21.8 Å². The molecule has 110 valence electrons. The van der Waals surface area contributed by atoms with Crippen LogP contribution in [-0.2, 0) is 11.2 Å². The van der Waals surface area contributed by atoms with Gasteiger partial charge in [0.25, 0.3) is 0 Å². The Balaban J connectivity index is 1.87. The van der Waals surface area contributed by atoms with Crippen LogP contribution in [0.5, 0.6) is 0 Å². The first-order valence-electron chi connectivity index (χ1n) is 7.16. The van der Waals surface area contributed by atoms with E-state index in [0.29, 0.717) is 6.42 Å². The van der Waals surface area contributed by atoms with Gasteiger partial charge in [0.15, 0.2) is 0 Å². The van der Waals surface area contributed by atoms with Crippen molar-refractivity contribution in [2.75, 3.05) is 13.1 Å². The first-order valence-corrected chi connectivity index (χ1v) is 7.95. The Morgan fingerprint density at radius 3 is 2.65 bits per heavy atom. The van der Waals surface area contributed by atoms with Gasteiger partial charge in [-0.3, -0.25) is 4.79 Å². The average Bonchev–Trinajstić information content (AvgIpc) is 2.41. The van der Waals surface area contributed by atoms with Crippen molar-refractivity contribution in [2.24, 2.45) is 11.1 Å². The van der Waals surface area contributed by atoms with Crippen LogP contribution in [-0.4, -0.2) is 29.9 Å². The van der Waals surface area contributed by atoms with Crippen LogP contribution in [0.1, 0.15) is 32.3 Å². The lowest BCUT2D eigenvalue weighted by molar-refractivity contribution is -0.134. The van der Waals surface area contributed by atoms with Crippen molar-refractivity contribution in [3.63, 3.8) is 0 Å². The molecule has 1 aromatic carbocycles. The molecule has 1 unspecified atom stereocenters. The monoisotopic (exact) mass is 338 g/mol. The van der Waals surface area contributed by atoms with E-state index in [1.54, 1.807) is 0 Å². The van der Waals surface area contributed by atoms with Crippen LogP contribution >= 0.6 is 15.9 Å². The van der Waals surface area contributed by atoms with Crippen LogP contribution in [0.4, 0.5) is 0 Å². The van der Waals surface area contributed by atoms with Gasteiger partial charge in [-0.25, -0.2) is 0 Å². The van der Waals surface area contributed by atoms with E-state index in [0.717, 1.165) is 30.4 Å². The summed E-state index contributed by atoms with van der Waals surface area (Å²) in [5, 5.41) is 0. The van der Waals surface area contributed by atoms with Crippen LogP contribution in [0.2, 0.25) is 0 Å². The van der Waals surface area contributed by atoms with Crippen molar-refractivity contribution in [1.82, 2.24) is 4.90 Å². The minimum Gasteiger partial charge on any atom is -0.342 e. The molecule has 1 aromatic rings. The van der Waals surface area contributed by atoms with Gasteiger partial charge >= 0.3 is 0 Å². The smallest absolute Gasteiger partial charge is 0.222 e. The van der Waals surface area contributed by atoms with Crippen molar-refractivity contribution in [3.05, 3.63) is 34.3 Å². The maximum atomic E-state index is 12.3. The molecule has 0 saturated carbocycles. The van der Waals surface area contributed by atoms with Gasteiger partial charge in [0.1, 0.15) is 0 Å². The molecule has 1 fully saturated rings. The molecule has 1 aliphatic rings. The molecule has 1 atom stereocenters. The summed E-state index contributed by atoms with van der Waals surface area (Å²) in [6.07, 6.45) is 2.28. The summed E-state index contributed by atoms with van der Waals surface area (Å²) in [7, 11) is 0. The van der Waals surface area contributed by atoms with E-state index >= 15 is 0 Å². The van der Waals surface area contributed by atoms with E-state index in [4.69, 9.17) is 5.73 Å². The number of halogens is 1. The summed E-state index contributed by atoms with van der Waals surface area (Å²) >= 11 is 3.42. The van der Waals surface area contributed by atoms with Gasteiger partial charge in [-0.15, -0.1) is 0 Å². The summed E-state index contributed by atoms with van der Waals surface area (Å²) in [5.41, 5.74) is 7.33. The fourth-order valence-electron chi connectivity index (χ4n) is 2.65. The highest BCUT2D eigenvalue weighted by molar-refractivity contribution is 9.10. The predicted molar refractivity (Wildman–Crippen MR) is 85.4 cm³/mol. The second-order valence-corrected chi connectivity index (χ2v) is 7.24. The molecular weight excluding hydrogens is 316 g/mol. The van der Waals surface area contributed by atoms with E-state index in [1.165, 1.54) is 5.56 Å². The minimum absolute atomic E-state index is 0.0194. The molecule has 0 bridgehead atoms. The molecule has 1 saturated heterocycles.